The summed E-state index contributed by atoms with van der Waals surface area (Å²) in [7, 11) is 0. The Bertz CT molecular complexity index is 936. The molecule has 27 heavy (non-hydrogen) atoms. The fraction of sp³-hybridized carbons (Fsp3) is 0.227. The number of imide groups is 1. The number of carbonyl (C=O) groups is 3. The van der Waals surface area contributed by atoms with Crippen molar-refractivity contribution < 1.29 is 14.4 Å². The highest BCUT2D eigenvalue weighted by Gasteiger charge is 2.36. The molecule has 1 fully saturated rings. The Morgan fingerprint density at radius 3 is 2.56 bits per heavy atom. The zero-order valence-electron chi connectivity index (χ0n) is 14.9. The molecule has 0 aliphatic carbocycles. The van der Waals surface area contributed by atoms with E-state index in [9.17, 15) is 14.4 Å². The summed E-state index contributed by atoms with van der Waals surface area (Å²) in [6.45, 7) is 4.43. The number of hydrogen-bond donors (Lipinski definition) is 0. The molecule has 0 N–H and O–H groups in total. The Morgan fingerprint density at radius 1 is 1.07 bits per heavy atom. The zero-order chi connectivity index (χ0) is 19.0. The Hall–Kier alpha value is -3.21. The smallest absolute Gasteiger partial charge is 0.261 e. The van der Waals surface area contributed by atoms with Gasteiger partial charge in [0, 0.05) is 18.7 Å². The lowest BCUT2D eigenvalue weighted by atomic mass is 10.0. The lowest BCUT2D eigenvalue weighted by Gasteiger charge is -2.25. The molecule has 0 saturated carbocycles. The Labute approximate surface area is 157 Å². The summed E-state index contributed by atoms with van der Waals surface area (Å²) in [5.41, 5.74) is 2.20. The number of benzene rings is 2. The van der Waals surface area contributed by atoms with Crippen LogP contribution in [0.1, 0.15) is 55.5 Å². The third-order valence-corrected chi connectivity index (χ3v) is 5.23. The highest BCUT2D eigenvalue weighted by molar-refractivity contribution is 6.22. The van der Waals surface area contributed by atoms with Crippen LogP contribution in [0.5, 0.6) is 0 Å². The van der Waals surface area contributed by atoms with Crippen molar-refractivity contribution in [2.45, 2.75) is 18.9 Å². The molecule has 136 valence electrons. The molecule has 2 aromatic carbocycles. The van der Waals surface area contributed by atoms with E-state index in [1.54, 1.807) is 18.2 Å². The minimum atomic E-state index is -0.370. The lowest BCUT2D eigenvalue weighted by Crippen LogP contribution is -2.30. The fourth-order valence-corrected chi connectivity index (χ4v) is 3.92. The molecule has 0 aromatic heterocycles. The van der Waals surface area contributed by atoms with Crippen molar-refractivity contribution in [3.05, 3.63) is 83.4 Å². The number of likely N-dealkylation sites (tertiary alicyclic amines) is 1. The van der Waals surface area contributed by atoms with Crippen LogP contribution in [0.2, 0.25) is 0 Å². The number of hydrogen-bond acceptors (Lipinski definition) is 3. The maximum absolute atomic E-state index is 13.1. The third-order valence-electron chi connectivity index (χ3n) is 5.23. The van der Waals surface area contributed by atoms with E-state index < -0.39 is 0 Å². The first kappa shape index (κ1) is 17.2. The predicted octanol–water partition coefficient (Wildman–Crippen LogP) is 3.45. The van der Waals surface area contributed by atoms with Crippen molar-refractivity contribution in [1.29, 1.82) is 0 Å². The predicted molar refractivity (Wildman–Crippen MR) is 101 cm³/mol. The lowest BCUT2D eigenvalue weighted by molar-refractivity contribution is 0.0671. The molecule has 1 saturated heterocycles. The Morgan fingerprint density at radius 2 is 1.81 bits per heavy atom. The molecular formula is C22H20N2O3. The maximum atomic E-state index is 13.1. The molecule has 2 aliphatic heterocycles. The van der Waals surface area contributed by atoms with Gasteiger partial charge < -0.3 is 4.90 Å². The van der Waals surface area contributed by atoms with Gasteiger partial charge in [-0.15, -0.1) is 6.58 Å². The van der Waals surface area contributed by atoms with Crippen LogP contribution in [-0.2, 0) is 0 Å². The number of carbonyl (C=O) groups excluding carboxylic acids is 3. The van der Waals surface area contributed by atoms with Crippen LogP contribution in [0.25, 0.3) is 0 Å². The minimum absolute atomic E-state index is 0.0431. The van der Waals surface area contributed by atoms with Crippen molar-refractivity contribution in [2.75, 3.05) is 13.1 Å². The van der Waals surface area contributed by atoms with Gasteiger partial charge in [0.25, 0.3) is 17.7 Å². The van der Waals surface area contributed by atoms with Gasteiger partial charge in [-0.1, -0.05) is 36.4 Å². The topological polar surface area (TPSA) is 57.7 Å². The molecule has 5 nitrogen and oxygen atoms in total. The summed E-state index contributed by atoms with van der Waals surface area (Å²) in [6.07, 6.45) is 3.38. The normalized spacial score (nSPS) is 18.7. The van der Waals surface area contributed by atoms with Crippen LogP contribution >= 0.6 is 0 Å². The quantitative estimate of drug-likeness (QED) is 0.620. The van der Waals surface area contributed by atoms with Gasteiger partial charge in [-0.3, -0.25) is 19.3 Å². The van der Waals surface area contributed by atoms with E-state index in [2.05, 4.69) is 6.58 Å². The second kappa shape index (κ2) is 6.83. The second-order valence-corrected chi connectivity index (χ2v) is 6.84. The minimum Gasteiger partial charge on any atom is -0.332 e. The van der Waals surface area contributed by atoms with Gasteiger partial charge in [-0.05, 0) is 36.6 Å². The van der Waals surface area contributed by atoms with E-state index in [0.717, 1.165) is 23.3 Å². The number of nitrogens with zero attached hydrogens (tertiary/aromatic N) is 2. The van der Waals surface area contributed by atoms with Gasteiger partial charge in [0.1, 0.15) is 0 Å². The summed E-state index contributed by atoms with van der Waals surface area (Å²) in [4.78, 5) is 41.0. The summed E-state index contributed by atoms with van der Waals surface area (Å²) >= 11 is 0. The molecule has 2 aliphatic rings. The molecule has 1 atom stereocenters. The molecule has 2 heterocycles. The van der Waals surface area contributed by atoms with Crippen molar-refractivity contribution >= 4 is 17.7 Å². The van der Waals surface area contributed by atoms with Crippen LogP contribution in [0.3, 0.4) is 0 Å². The largest absolute Gasteiger partial charge is 0.332 e. The molecule has 2 aromatic rings. The van der Waals surface area contributed by atoms with Crippen molar-refractivity contribution in [3.63, 3.8) is 0 Å². The van der Waals surface area contributed by atoms with Gasteiger partial charge in [-0.2, -0.15) is 0 Å². The highest BCUT2D eigenvalue weighted by atomic mass is 16.2. The van der Waals surface area contributed by atoms with E-state index in [4.69, 9.17) is 0 Å². The molecule has 0 bridgehead atoms. The monoisotopic (exact) mass is 360 g/mol. The fourth-order valence-electron chi connectivity index (χ4n) is 3.92. The van der Waals surface area contributed by atoms with E-state index in [0.29, 0.717) is 23.2 Å². The van der Waals surface area contributed by atoms with E-state index >= 15 is 0 Å². The molecule has 0 spiro atoms. The molecular weight excluding hydrogens is 340 g/mol. The van der Waals surface area contributed by atoms with Crippen LogP contribution in [-0.4, -0.2) is 40.6 Å². The molecule has 3 amide bonds. The first-order valence-electron chi connectivity index (χ1n) is 9.09. The van der Waals surface area contributed by atoms with Crippen LogP contribution < -0.4 is 0 Å². The van der Waals surface area contributed by atoms with E-state index in [1.165, 1.54) is 6.08 Å². The molecule has 4 rings (SSSR count). The van der Waals surface area contributed by atoms with Gasteiger partial charge in [0.15, 0.2) is 0 Å². The summed E-state index contributed by atoms with van der Waals surface area (Å²) in [6, 6.07) is 14.8. The van der Waals surface area contributed by atoms with Gasteiger partial charge in [0.05, 0.1) is 17.2 Å². The average Bonchev–Trinajstić information content (AvgIpc) is 3.28. The first-order chi connectivity index (χ1) is 13.1. The summed E-state index contributed by atoms with van der Waals surface area (Å²) < 4.78 is 0. The summed E-state index contributed by atoms with van der Waals surface area (Å²) in [5.74, 6) is -0.811. The molecule has 0 radical (unpaired) electrons. The maximum Gasteiger partial charge on any atom is 0.261 e. The first-order valence-corrected chi connectivity index (χ1v) is 9.09. The van der Waals surface area contributed by atoms with Crippen LogP contribution in [0, 0.1) is 0 Å². The second-order valence-electron chi connectivity index (χ2n) is 6.84. The van der Waals surface area contributed by atoms with E-state index in [1.807, 2.05) is 35.2 Å². The standard InChI is InChI=1S/C22H20N2O3/c1-2-12-24-21(26)17-11-10-16(14-18(17)22(24)27)20(25)23-13-6-9-19(23)15-7-4-3-5-8-15/h2-5,7-8,10-11,14,19H,1,6,9,12-13H2/t19-/m0/s1. The number of rotatable bonds is 4. The zero-order valence-corrected chi connectivity index (χ0v) is 14.9. The van der Waals surface area contributed by atoms with Gasteiger partial charge in [0.2, 0.25) is 0 Å². The number of amides is 3. The SMILES string of the molecule is C=CCN1C(=O)c2ccc(C(=O)N3CCC[C@H]3c3ccccc3)cc2C1=O. The van der Waals surface area contributed by atoms with Gasteiger partial charge in [-0.25, -0.2) is 0 Å². The Balaban J connectivity index is 1.63. The van der Waals surface area contributed by atoms with Crippen LogP contribution in [0.4, 0.5) is 0 Å². The Kier molecular flexibility index (Phi) is 4.36. The van der Waals surface area contributed by atoms with Crippen molar-refractivity contribution in [2.24, 2.45) is 0 Å². The van der Waals surface area contributed by atoms with Crippen LogP contribution in [0.15, 0.2) is 61.2 Å². The molecule has 5 heteroatoms. The van der Waals surface area contributed by atoms with E-state index in [-0.39, 0.29) is 30.3 Å². The average molecular weight is 360 g/mol. The van der Waals surface area contributed by atoms with Crippen molar-refractivity contribution in [1.82, 2.24) is 9.80 Å². The summed E-state index contributed by atoms with van der Waals surface area (Å²) in [5, 5.41) is 0. The van der Waals surface area contributed by atoms with Gasteiger partial charge >= 0.3 is 0 Å². The molecule has 0 unspecified atom stereocenters. The third kappa shape index (κ3) is 2.85. The number of fused-ring (bicyclic) bond motifs is 1. The van der Waals surface area contributed by atoms with Crippen molar-refractivity contribution in [3.8, 4) is 0 Å². The highest BCUT2D eigenvalue weighted by Crippen LogP contribution is 2.33.